The van der Waals surface area contributed by atoms with E-state index in [0.717, 1.165) is 16.7 Å². The van der Waals surface area contributed by atoms with E-state index in [9.17, 15) is 9.59 Å². The van der Waals surface area contributed by atoms with Gasteiger partial charge in [0.2, 0.25) is 5.91 Å². The van der Waals surface area contributed by atoms with Crippen LogP contribution in [-0.4, -0.2) is 11.7 Å². The Morgan fingerprint density at radius 1 is 0.800 bits per heavy atom. The zero-order chi connectivity index (χ0) is 21.0. The van der Waals surface area contributed by atoms with Crippen molar-refractivity contribution in [2.75, 3.05) is 0 Å². The molecule has 3 nitrogen and oxygen atoms in total. The highest BCUT2D eigenvalue weighted by molar-refractivity contribution is 6.00. The molecule has 1 saturated heterocycles. The third-order valence-corrected chi connectivity index (χ3v) is 7.52. The van der Waals surface area contributed by atoms with Crippen LogP contribution < -0.4 is 5.32 Å². The molecule has 1 N–H and O–H groups in total. The number of fused-ring (bicyclic) bond motifs is 1. The number of benzene rings is 3. The van der Waals surface area contributed by atoms with Gasteiger partial charge in [0, 0.05) is 17.8 Å². The minimum Gasteiger partial charge on any atom is -0.345 e. The quantitative estimate of drug-likeness (QED) is 0.686. The Bertz CT molecular complexity index is 1070. The number of piperidine rings is 1. The number of nitrogens with one attached hydrogen (secondary N) is 1. The van der Waals surface area contributed by atoms with E-state index in [1.807, 2.05) is 78.9 Å². The Labute approximate surface area is 177 Å². The van der Waals surface area contributed by atoms with Crippen molar-refractivity contribution in [3.8, 4) is 0 Å². The molecule has 3 heteroatoms. The molecular weight excluding hydrogens is 370 g/mol. The zero-order valence-corrected chi connectivity index (χ0v) is 17.3. The lowest BCUT2D eigenvalue weighted by atomic mass is 9.62. The van der Waals surface area contributed by atoms with Gasteiger partial charge in [-0.15, -0.1) is 0 Å². The molecule has 5 rings (SSSR count). The van der Waals surface area contributed by atoms with Crippen molar-refractivity contribution in [3.63, 3.8) is 0 Å². The Hall–Kier alpha value is -3.20. The average molecular weight is 396 g/mol. The Morgan fingerprint density at radius 3 is 1.67 bits per heavy atom. The highest BCUT2D eigenvalue weighted by atomic mass is 16.2. The molecule has 1 aliphatic heterocycles. The van der Waals surface area contributed by atoms with E-state index in [-0.39, 0.29) is 17.6 Å². The van der Waals surface area contributed by atoms with Crippen molar-refractivity contribution in [1.29, 1.82) is 0 Å². The Kier molecular flexibility index (Phi) is 4.01. The fourth-order valence-electron chi connectivity index (χ4n) is 6.32. The van der Waals surface area contributed by atoms with Crippen LogP contribution >= 0.6 is 0 Å². The van der Waals surface area contributed by atoms with Crippen molar-refractivity contribution in [1.82, 2.24) is 5.32 Å². The van der Waals surface area contributed by atoms with Gasteiger partial charge in [0.25, 0.3) is 0 Å². The summed E-state index contributed by atoms with van der Waals surface area (Å²) < 4.78 is 0. The summed E-state index contributed by atoms with van der Waals surface area (Å²) in [5, 5.41) is 3.41. The van der Waals surface area contributed by atoms with Crippen molar-refractivity contribution in [3.05, 3.63) is 108 Å². The fourth-order valence-corrected chi connectivity index (χ4v) is 6.32. The number of carbonyl (C=O) groups excluding carboxylic acids is 2. The number of hydrogen-bond donors (Lipinski definition) is 1. The van der Waals surface area contributed by atoms with Crippen LogP contribution in [0.15, 0.2) is 91.0 Å². The molecule has 0 radical (unpaired) electrons. The zero-order valence-electron chi connectivity index (χ0n) is 17.3. The normalized spacial score (nSPS) is 28.5. The van der Waals surface area contributed by atoms with Crippen LogP contribution in [-0.2, 0) is 20.5 Å². The first-order valence-corrected chi connectivity index (χ1v) is 10.5. The number of ketones is 1. The van der Waals surface area contributed by atoms with E-state index in [2.05, 4.69) is 24.4 Å². The van der Waals surface area contributed by atoms with Gasteiger partial charge >= 0.3 is 0 Å². The third-order valence-electron chi connectivity index (χ3n) is 7.52. The van der Waals surface area contributed by atoms with Gasteiger partial charge in [-0.1, -0.05) is 97.9 Å². The summed E-state index contributed by atoms with van der Waals surface area (Å²) in [6, 6.07) is 30.2. The van der Waals surface area contributed by atoms with Gasteiger partial charge in [-0.05, 0) is 23.6 Å². The number of rotatable bonds is 5. The van der Waals surface area contributed by atoms with Crippen LogP contribution in [0.2, 0.25) is 0 Å². The molecule has 2 aliphatic rings. The van der Waals surface area contributed by atoms with Gasteiger partial charge in [0.15, 0.2) is 0 Å². The van der Waals surface area contributed by atoms with E-state index in [1.54, 1.807) is 6.92 Å². The maximum Gasteiger partial charge on any atom is 0.236 e. The number of carbonyl (C=O) groups is 2. The summed E-state index contributed by atoms with van der Waals surface area (Å²) in [6.45, 7) is 3.83. The molecule has 0 aromatic heterocycles. The van der Waals surface area contributed by atoms with Gasteiger partial charge in [-0.3, -0.25) is 4.79 Å². The second-order valence-electron chi connectivity index (χ2n) is 8.77. The lowest BCUT2D eigenvalue weighted by molar-refractivity contribution is -0.126. The van der Waals surface area contributed by atoms with Crippen LogP contribution in [0.1, 0.15) is 37.0 Å². The molecular formula is C27H25NO2. The lowest BCUT2D eigenvalue weighted by Crippen LogP contribution is -2.46. The van der Waals surface area contributed by atoms with Crippen LogP contribution in [0.25, 0.3) is 0 Å². The van der Waals surface area contributed by atoms with Crippen LogP contribution in [0, 0.1) is 11.3 Å². The van der Waals surface area contributed by atoms with Gasteiger partial charge in [0.05, 0.1) is 5.54 Å². The molecule has 3 aromatic rings. The monoisotopic (exact) mass is 395 g/mol. The fraction of sp³-hybridized carbons (Fsp3) is 0.259. The first-order chi connectivity index (χ1) is 14.5. The maximum atomic E-state index is 14.0. The molecule has 30 heavy (non-hydrogen) atoms. The maximum absolute atomic E-state index is 14.0. The molecule has 1 aliphatic carbocycles. The first-order valence-electron chi connectivity index (χ1n) is 10.5. The van der Waals surface area contributed by atoms with Gasteiger partial charge in [-0.25, -0.2) is 0 Å². The summed E-state index contributed by atoms with van der Waals surface area (Å²) in [5.41, 5.74) is 1.10. The predicted octanol–water partition coefficient (Wildman–Crippen LogP) is 4.61. The van der Waals surface area contributed by atoms with Crippen LogP contribution in [0.3, 0.4) is 0 Å². The standard InChI is InChI=1S/C27H25NO2/c1-19(29)18-23-25(2)26(20-12-6-3-7-13-20,21-14-8-4-9-15-21)24(30)28-27(23,25)22-16-10-5-11-17-22/h3-17,23H,18H2,1-2H3,(H,28,30)/t23-,25+,27+/m0/s1. The molecule has 3 atom stereocenters. The Morgan fingerprint density at radius 2 is 1.23 bits per heavy atom. The molecule has 1 amide bonds. The van der Waals surface area contributed by atoms with Crippen molar-refractivity contribution >= 4 is 11.7 Å². The van der Waals surface area contributed by atoms with E-state index in [0.29, 0.717) is 6.42 Å². The average Bonchev–Trinajstić information content (AvgIpc) is 3.17. The summed E-state index contributed by atoms with van der Waals surface area (Å²) in [5.74, 6) is 0.171. The molecule has 0 spiro atoms. The minimum absolute atomic E-state index is 0.00561. The molecule has 1 saturated carbocycles. The second-order valence-corrected chi connectivity index (χ2v) is 8.77. The third kappa shape index (κ3) is 2.10. The van der Waals surface area contributed by atoms with E-state index in [1.165, 1.54) is 0 Å². The molecule has 0 bridgehead atoms. The van der Waals surface area contributed by atoms with E-state index in [4.69, 9.17) is 0 Å². The van der Waals surface area contributed by atoms with E-state index < -0.39 is 16.4 Å². The van der Waals surface area contributed by atoms with Gasteiger partial charge in [-0.2, -0.15) is 0 Å². The number of hydrogen-bond acceptors (Lipinski definition) is 2. The smallest absolute Gasteiger partial charge is 0.236 e. The van der Waals surface area contributed by atoms with Crippen LogP contribution in [0.4, 0.5) is 0 Å². The second kappa shape index (κ2) is 6.40. The topological polar surface area (TPSA) is 46.2 Å². The van der Waals surface area contributed by atoms with Gasteiger partial charge < -0.3 is 10.1 Å². The first kappa shape index (κ1) is 18.8. The highest BCUT2D eigenvalue weighted by Gasteiger charge is 2.88. The Balaban J connectivity index is 1.82. The number of Topliss-reactive ketones (excluding diaryl/α,β-unsaturated/α-hetero) is 1. The summed E-state index contributed by atoms with van der Waals surface area (Å²) >= 11 is 0. The summed E-state index contributed by atoms with van der Waals surface area (Å²) in [4.78, 5) is 26.3. The van der Waals surface area contributed by atoms with Crippen molar-refractivity contribution < 1.29 is 9.59 Å². The minimum atomic E-state index is -0.870. The van der Waals surface area contributed by atoms with E-state index >= 15 is 0 Å². The molecule has 0 unspecified atom stereocenters. The summed E-state index contributed by atoms with van der Waals surface area (Å²) in [6.07, 6.45) is 0.438. The van der Waals surface area contributed by atoms with Crippen LogP contribution in [0.5, 0.6) is 0 Å². The van der Waals surface area contributed by atoms with Gasteiger partial charge in [0.1, 0.15) is 11.2 Å². The summed E-state index contributed by atoms with van der Waals surface area (Å²) in [7, 11) is 0. The number of amides is 1. The molecule has 1 heterocycles. The molecule has 2 fully saturated rings. The largest absolute Gasteiger partial charge is 0.345 e. The predicted molar refractivity (Wildman–Crippen MR) is 117 cm³/mol. The lowest BCUT2D eigenvalue weighted by Gasteiger charge is -2.36. The highest BCUT2D eigenvalue weighted by Crippen LogP contribution is 2.80. The SMILES string of the molecule is CC(=O)C[C@@H]1[C@@]2(c3ccccc3)NC(=O)C(c3ccccc3)(c3ccccc3)[C@@]12C. The molecule has 150 valence electrons. The molecule has 3 aromatic carbocycles. The van der Waals surface area contributed by atoms with Crippen molar-refractivity contribution in [2.24, 2.45) is 11.3 Å². The van der Waals surface area contributed by atoms with Crippen molar-refractivity contribution in [2.45, 2.75) is 31.2 Å².